The van der Waals surface area contributed by atoms with Gasteiger partial charge in [-0.15, -0.1) is 0 Å². The molecule has 0 radical (unpaired) electrons. The normalized spacial score (nSPS) is 11.0. The Morgan fingerprint density at radius 1 is 1.14 bits per heavy atom. The van der Waals surface area contributed by atoms with Crippen molar-refractivity contribution in [1.82, 2.24) is 19.3 Å². The molecule has 0 fully saturated rings. The van der Waals surface area contributed by atoms with Crippen LogP contribution in [0.4, 0.5) is 5.69 Å². The molecule has 4 rings (SSSR count). The highest BCUT2D eigenvalue weighted by Gasteiger charge is 2.05. The van der Waals surface area contributed by atoms with Gasteiger partial charge in [0, 0.05) is 35.9 Å². The van der Waals surface area contributed by atoms with E-state index in [9.17, 15) is 4.79 Å². The maximum absolute atomic E-state index is 12.2. The first kappa shape index (κ1) is 17.8. The molecular formula is C21H16ClN5O. The average Bonchev–Trinajstić information content (AvgIpc) is 3.39. The van der Waals surface area contributed by atoms with Crippen molar-refractivity contribution < 1.29 is 4.79 Å². The molecule has 0 aliphatic rings. The quantitative estimate of drug-likeness (QED) is 0.516. The summed E-state index contributed by atoms with van der Waals surface area (Å²) in [7, 11) is 0. The number of imidazole rings is 1. The fourth-order valence-corrected chi connectivity index (χ4v) is 2.97. The Hall–Kier alpha value is -3.64. The minimum atomic E-state index is -0.251. The summed E-state index contributed by atoms with van der Waals surface area (Å²) in [5.41, 5.74) is 3.19. The molecule has 0 saturated heterocycles. The smallest absolute Gasteiger partial charge is 0.248 e. The van der Waals surface area contributed by atoms with E-state index in [0.29, 0.717) is 10.7 Å². The van der Waals surface area contributed by atoms with Crippen molar-refractivity contribution in [3.63, 3.8) is 0 Å². The Bertz CT molecular complexity index is 1120. The Balaban J connectivity index is 1.42. The van der Waals surface area contributed by atoms with Crippen LogP contribution in [0, 0.1) is 0 Å². The molecule has 6 nitrogen and oxygen atoms in total. The second kappa shape index (κ2) is 7.94. The lowest BCUT2D eigenvalue weighted by atomic mass is 10.2. The number of carbonyl (C=O) groups excluding carboxylic acids is 1. The summed E-state index contributed by atoms with van der Waals surface area (Å²) in [5.74, 6) is -0.251. The Labute approximate surface area is 166 Å². The van der Waals surface area contributed by atoms with E-state index in [-0.39, 0.29) is 5.91 Å². The number of hydrogen-bond donors (Lipinski definition) is 1. The highest BCUT2D eigenvalue weighted by atomic mass is 35.5. The summed E-state index contributed by atoms with van der Waals surface area (Å²) in [4.78, 5) is 16.2. The van der Waals surface area contributed by atoms with Gasteiger partial charge in [0.2, 0.25) is 5.91 Å². The number of amides is 1. The van der Waals surface area contributed by atoms with Crippen LogP contribution in [-0.2, 0) is 4.79 Å². The third kappa shape index (κ3) is 4.02. The number of carbonyl (C=O) groups is 1. The van der Waals surface area contributed by atoms with Gasteiger partial charge in [0.05, 0.1) is 28.9 Å². The second-order valence-corrected chi connectivity index (χ2v) is 6.42. The van der Waals surface area contributed by atoms with E-state index in [1.165, 1.54) is 6.08 Å². The van der Waals surface area contributed by atoms with Gasteiger partial charge in [0.15, 0.2) is 0 Å². The molecule has 2 aromatic heterocycles. The van der Waals surface area contributed by atoms with Gasteiger partial charge in [-0.25, -0.2) is 9.67 Å². The lowest BCUT2D eigenvalue weighted by Crippen LogP contribution is -2.07. The maximum atomic E-state index is 12.2. The number of aromatic nitrogens is 4. The predicted molar refractivity (Wildman–Crippen MR) is 110 cm³/mol. The molecule has 0 aliphatic heterocycles. The van der Waals surface area contributed by atoms with Crippen LogP contribution in [0.15, 0.2) is 85.7 Å². The number of rotatable bonds is 5. The zero-order valence-corrected chi connectivity index (χ0v) is 15.5. The molecule has 0 aliphatic carbocycles. The Morgan fingerprint density at radius 3 is 2.75 bits per heavy atom. The summed E-state index contributed by atoms with van der Waals surface area (Å²) >= 11 is 6.31. The molecule has 0 spiro atoms. The van der Waals surface area contributed by atoms with E-state index in [1.54, 1.807) is 52.4 Å². The minimum Gasteiger partial charge on any atom is -0.322 e. The van der Waals surface area contributed by atoms with Crippen LogP contribution in [0.3, 0.4) is 0 Å². The zero-order chi connectivity index (χ0) is 19.3. The highest BCUT2D eigenvalue weighted by molar-refractivity contribution is 6.32. The molecule has 4 aromatic rings. The zero-order valence-electron chi connectivity index (χ0n) is 14.7. The van der Waals surface area contributed by atoms with E-state index in [0.717, 1.165) is 16.9 Å². The molecule has 1 amide bonds. The summed E-state index contributed by atoms with van der Waals surface area (Å²) < 4.78 is 3.56. The number of halogens is 1. The number of nitrogens with zero attached hydrogens (tertiary/aromatic N) is 4. The minimum absolute atomic E-state index is 0.251. The van der Waals surface area contributed by atoms with Crippen molar-refractivity contribution >= 4 is 29.3 Å². The van der Waals surface area contributed by atoms with Crippen molar-refractivity contribution in [2.24, 2.45) is 0 Å². The van der Waals surface area contributed by atoms with Crippen molar-refractivity contribution in [3.8, 4) is 11.4 Å². The summed E-state index contributed by atoms with van der Waals surface area (Å²) in [6, 6.07) is 15.1. The van der Waals surface area contributed by atoms with Crippen molar-refractivity contribution in [1.29, 1.82) is 0 Å². The number of para-hydroxylation sites is 1. The van der Waals surface area contributed by atoms with Crippen LogP contribution in [-0.4, -0.2) is 25.2 Å². The summed E-state index contributed by atoms with van der Waals surface area (Å²) in [6.45, 7) is 0. The third-order valence-corrected chi connectivity index (χ3v) is 4.35. The van der Waals surface area contributed by atoms with Crippen LogP contribution in [0.25, 0.3) is 17.5 Å². The standard InChI is InChI=1S/C21H16ClN5O/c22-19-12-17(7-8-20(19)26-11-10-23-15-26)25-21(28)9-6-16-13-24-27(14-16)18-4-2-1-3-5-18/h1-15H,(H,25,28)/b9-6+. The van der Waals surface area contributed by atoms with Gasteiger partial charge < -0.3 is 9.88 Å². The molecule has 0 atom stereocenters. The van der Waals surface area contributed by atoms with Gasteiger partial charge in [0.25, 0.3) is 0 Å². The Kier molecular flexibility index (Phi) is 5.03. The lowest BCUT2D eigenvalue weighted by Gasteiger charge is -2.08. The first-order valence-electron chi connectivity index (χ1n) is 8.56. The maximum Gasteiger partial charge on any atom is 0.248 e. The molecule has 2 heterocycles. The van der Waals surface area contributed by atoms with Crippen LogP contribution in [0.2, 0.25) is 5.02 Å². The first-order chi connectivity index (χ1) is 13.7. The largest absolute Gasteiger partial charge is 0.322 e. The number of benzene rings is 2. The Morgan fingerprint density at radius 2 is 2.00 bits per heavy atom. The molecule has 138 valence electrons. The monoisotopic (exact) mass is 389 g/mol. The second-order valence-electron chi connectivity index (χ2n) is 6.01. The predicted octanol–water partition coefficient (Wildman–Crippen LogP) is 4.36. The van der Waals surface area contributed by atoms with Crippen LogP contribution < -0.4 is 5.32 Å². The van der Waals surface area contributed by atoms with Crippen molar-refractivity contribution in [3.05, 3.63) is 96.3 Å². The molecule has 2 aromatic carbocycles. The van der Waals surface area contributed by atoms with Gasteiger partial charge in [-0.2, -0.15) is 5.10 Å². The SMILES string of the molecule is O=C(/C=C/c1cnn(-c2ccccc2)c1)Nc1ccc(-n2ccnc2)c(Cl)c1. The fourth-order valence-electron chi connectivity index (χ4n) is 2.70. The molecule has 1 N–H and O–H groups in total. The van der Waals surface area contributed by atoms with E-state index < -0.39 is 0 Å². The number of hydrogen-bond acceptors (Lipinski definition) is 3. The molecular weight excluding hydrogens is 374 g/mol. The molecule has 7 heteroatoms. The number of anilines is 1. The van der Waals surface area contributed by atoms with E-state index >= 15 is 0 Å². The van der Waals surface area contributed by atoms with Crippen LogP contribution in [0.1, 0.15) is 5.56 Å². The third-order valence-electron chi connectivity index (χ3n) is 4.05. The van der Waals surface area contributed by atoms with E-state index in [2.05, 4.69) is 15.4 Å². The molecule has 0 unspecified atom stereocenters. The molecule has 0 bridgehead atoms. The van der Waals surface area contributed by atoms with Crippen LogP contribution >= 0.6 is 11.6 Å². The van der Waals surface area contributed by atoms with Gasteiger partial charge in [-0.3, -0.25) is 4.79 Å². The summed E-state index contributed by atoms with van der Waals surface area (Å²) in [5, 5.41) is 7.62. The first-order valence-corrected chi connectivity index (χ1v) is 8.94. The molecule has 28 heavy (non-hydrogen) atoms. The topological polar surface area (TPSA) is 64.7 Å². The van der Waals surface area contributed by atoms with Gasteiger partial charge in [0.1, 0.15) is 0 Å². The van der Waals surface area contributed by atoms with Gasteiger partial charge >= 0.3 is 0 Å². The lowest BCUT2D eigenvalue weighted by molar-refractivity contribution is -0.111. The van der Waals surface area contributed by atoms with E-state index in [1.807, 2.05) is 42.6 Å². The highest BCUT2D eigenvalue weighted by Crippen LogP contribution is 2.24. The van der Waals surface area contributed by atoms with Crippen molar-refractivity contribution in [2.75, 3.05) is 5.32 Å². The van der Waals surface area contributed by atoms with Crippen molar-refractivity contribution in [2.45, 2.75) is 0 Å². The number of nitrogens with one attached hydrogen (secondary N) is 1. The van der Waals surface area contributed by atoms with Gasteiger partial charge in [-0.1, -0.05) is 29.8 Å². The molecule has 0 saturated carbocycles. The van der Waals surface area contributed by atoms with Crippen LogP contribution in [0.5, 0.6) is 0 Å². The van der Waals surface area contributed by atoms with E-state index in [4.69, 9.17) is 11.6 Å². The van der Waals surface area contributed by atoms with Gasteiger partial charge in [-0.05, 0) is 36.4 Å². The fraction of sp³-hybridized carbons (Fsp3) is 0. The summed E-state index contributed by atoms with van der Waals surface area (Å²) in [6.07, 6.45) is 11.9. The average molecular weight is 390 g/mol.